The molecule has 0 N–H and O–H groups in total. The van der Waals surface area contributed by atoms with Crippen LogP contribution in [-0.2, 0) is 6.54 Å². The van der Waals surface area contributed by atoms with Crippen LogP contribution in [0.1, 0.15) is 43.0 Å². The molecule has 156 valence electrons. The average Bonchev–Trinajstić information content (AvgIpc) is 3.38. The molecule has 8 nitrogen and oxygen atoms in total. The fourth-order valence-electron chi connectivity index (χ4n) is 4.13. The Morgan fingerprint density at radius 2 is 1.93 bits per heavy atom. The van der Waals surface area contributed by atoms with Crippen LogP contribution in [0.15, 0.2) is 12.4 Å². The molecule has 3 amide bonds. The normalized spacial score (nSPS) is 20.4. The predicted molar refractivity (Wildman–Crippen MR) is 108 cm³/mol. The van der Waals surface area contributed by atoms with Crippen LogP contribution < -0.4 is 0 Å². The molecule has 1 aromatic heterocycles. The number of hydrogen-bond acceptors (Lipinski definition) is 4. The molecule has 0 spiro atoms. The van der Waals surface area contributed by atoms with Gasteiger partial charge < -0.3 is 19.6 Å². The highest BCUT2D eigenvalue weighted by Gasteiger charge is 2.34. The van der Waals surface area contributed by atoms with Crippen molar-refractivity contribution in [2.45, 2.75) is 45.2 Å². The Labute approximate surface area is 168 Å². The molecule has 1 aromatic rings. The monoisotopic (exact) mass is 390 g/mol. The van der Waals surface area contributed by atoms with Crippen molar-refractivity contribution in [3.63, 3.8) is 0 Å². The Morgan fingerprint density at radius 1 is 1.18 bits per heavy atom. The summed E-state index contributed by atoms with van der Waals surface area (Å²) in [5.74, 6) is 0.00971. The summed E-state index contributed by atoms with van der Waals surface area (Å²) in [5, 5.41) is 4.21. The summed E-state index contributed by atoms with van der Waals surface area (Å²) in [5.41, 5.74) is 0.626. The van der Waals surface area contributed by atoms with E-state index in [1.165, 1.54) is 19.3 Å². The summed E-state index contributed by atoms with van der Waals surface area (Å²) < 4.78 is 1.77. The maximum absolute atomic E-state index is 12.8. The lowest BCUT2D eigenvalue weighted by Crippen LogP contribution is -2.50. The summed E-state index contributed by atoms with van der Waals surface area (Å²) in [6.07, 6.45) is 8.07. The van der Waals surface area contributed by atoms with Crippen molar-refractivity contribution < 1.29 is 9.59 Å². The van der Waals surface area contributed by atoms with Crippen molar-refractivity contribution in [3.8, 4) is 0 Å². The van der Waals surface area contributed by atoms with Crippen LogP contribution in [0.25, 0.3) is 0 Å². The fourth-order valence-corrected chi connectivity index (χ4v) is 4.13. The minimum absolute atomic E-state index is 0.00971. The maximum atomic E-state index is 12.8. The first-order chi connectivity index (χ1) is 13.5. The zero-order valence-corrected chi connectivity index (χ0v) is 17.5. The molecule has 2 aliphatic heterocycles. The first kappa shape index (κ1) is 20.6. The van der Waals surface area contributed by atoms with Gasteiger partial charge in [-0.15, -0.1) is 0 Å². The Kier molecular flexibility index (Phi) is 6.93. The minimum Gasteiger partial charge on any atom is -0.336 e. The van der Waals surface area contributed by atoms with Crippen LogP contribution in [-0.4, -0.2) is 101 Å². The third-order valence-electron chi connectivity index (χ3n) is 5.83. The molecule has 8 heteroatoms. The Balaban J connectivity index is 1.61. The van der Waals surface area contributed by atoms with E-state index in [0.717, 1.165) is 39.1 Å². The van der Waals surface area contributed by atoms with Crippen LogP contribution in [0, 0.1) is 0 Å². The SMILES string of the molecule is CCn1cc(C(=O)N2CCC(N(CCN3CCCCC3)C(=O)N(C)C)C2)cn1. The second-order valence-corrected chi connectivity index (χ2v) is 8.05. The molecule has 0 radical (unpaired) electrons. The van der Waals surface area contributed by atoms with Gasteiger partial charge in [-0.3, -0.25) is 9.48 Å². The largest absolute Gasteiger partial charge is 0.336 e. The molecule has 0 aromatic carbocycles. The quantitative estimate of drug-likeness (QED) is 0.740. The Morgan fingerprint density at radius 3 is 2.57 bits per heavy atom. The number of aromatic nitrogens is 2. The Bertz CT molecular complexity index is 667. The van der Waals surface area contributed by atoms with Crippen molar-refractivity contribution in [3.05, 3.63) is 18.0 Å². The highest BCUT2D eigenvalue weighted by Crippen LogP contribution is 2.20. The summed E-state index contributed by atoms with van der Waals surface area (Å²) in [6.45, 7) is 7.90. The second kappa shape index (κ2) is 9.41. The molecule has 0 aliphatic carbocycles. The van der Waals surface area contributed by atoms with Crippen LogP contribution in [0.5, 0.6) is 0 Å². The van der Waals surface area contributed by atoms with Gasteiger partial charge in [0.25, 0.3) is 5.91 Å². The number of urea groups is 1. The molecule has 3 heterocycles. The molecule has 0 saturated carbocycles. The van der Waals surface area contributed by atoms with Gasteiger partial charge >= 0.3 is 6.03 Å². The highest BCUT2D eigenvalue weighted by atomic mass is 16.2. The molecule has 0 bridgehead atoms. The van der Waals surface area contributed by atoms with E-state index < -0.39 is 0 Å². The van der Waals surface area contributed by atoms with E-state index in [4.69, 9.17) is 0 Å². The number of aryl methyl sites for hydroxylation is 1. The third kappa shape index (κ3) is 4.84. The maximum Gasteiger partial charge on any atom is 0.319 e. The predicted octanol–water partition coefficient (Wildman–Crippen LogP) is 1.59. The van der Waals surface area contributed by atoms with Crippen molar-refractivity contribution in [2.75, 3.05) is 53.4 Å². The average molecular weight is 391 g/mol. The number of carbonyl (C=O) groups is 2. The van der Waals surface area contributed by atoms with Crippen LogP contribution in [0.4, 0.5) is 4.79 Å². The van der Waals surface area contributed by atoms with Gasteiger partial charge in [0.1, 0.15) is 0 Å². The van der Waals surface area contributed by atoms with E-state index >= 15 is 0 Å². The van der Waals surface area contributed by atoms with Crippen LogP contribution in [0.3, 0.4) is 0 Å². The lowest BCUT2D eigenvalue weighted by Gasteiger charge is -2.34. The lowest BCUT2D eigenvalue weighted by molar-refractivity contribution is 0.0773. The Hall–Kier alpha value is -2.09. The topological polar surface area (TPSA) is 64.9 Å². The van der Waals surface area contributed by atoms with Crippen LogP contribution >= 0.6 is 0 Å². The number of rotatable bonds is 6. The van der Waals surface area contributed by atoms with Gasteiger partial charge in [-0.25, -0.2) is 4.79 Å². The van der Waals surface area contributed by atoms with Crippen molar-refractivity contribution >= 4 is 11.9 Å². The first-order valence-electron chi connectivity index (χ1n) is 10.5. The minimum atomic E-state index is 0.00971. The summed E-state index contributed by atoms with van der Waals surface area (Å²) >= 11 is 0. The van der Waals surface area contributed by atoms with E-state index in [2.05, 4.69) is 10.00 Å². The second-order valence-electron chi connectivity index (χ2n) is 8.05. The van der Waals surface area contributed by atoms with E-state index in [9.17, 15) is 9.59 Å². The molecule has 1 unspecified atom stereocenters. The summed E-state index contributed by atoms with van der Waals surface area (Å²) in [6, 6.07) is 0.111. The molecular formula is C20H34N6O2. The van der Waals surface area contributed by atoms with Gasteiger partial charge in [0.05, 0.1) is 17.8 Å². The number of hydrogen-bond donors (Lipinski definition) is 0. The lowest BCUT2D eigenvalue weighted by atomic mass is 10.1. The van der Waals surface area contributed by atoms with Gasteiger partial charge in [0.15, 0.2) is 0 Å². The standard InChI is InChI=1S/C20H34N6O2/c1-4-25-15-17(14-21-25)19(27)24-11-8-18(16-24)26(20(28)22(2)3)13-12-23-9-6-5-7-10-23/h14-15,18H,4-13,16H2,1-3H3. The van der Waals surface area contributed by atoms with E-state index in [1.807, 2.05) is 16.7 Å². The van der Waals surface area contributed by atoms with Gasteiger partial charge in [0, 0.05) is 53.0 Å². The fraction of sp³-hybridized carbons (Fsp3) is 0.750. The zero-order valence-electron chi connectivity index (χ0n) is 17.5. The van der Waals surface area contributed by atoms with Gasteiger partial charge in [-0.1, -0.05) is 6.42 Å². The molecule has 1 atom stereocenters. The summed E-state index contributed by atoms with van der Waals surface area (Å²) in [4.78, 5) is 33.5. The van der Waals surface area contributed by atoms with Gasteiger partial charge in [-0.2, -0.15) is 5.10 Å². The first-order valence-corrected chi connectivity index (χ1v) is 10.5. The third-order valence-corrected chi connectivity index (χ3v) is 5.83. The van der Waals surface area contributed by atoms with Crippen molar-refractivity contribution in [1.29, 1.82) is 0 Å². The van der Waals surface area contributed by atoms with Crippen molar-refractivity contribution in [1.82, 2.24) is 29.4 Å². The smallest absolute Gasteiger partial charge is 0.319 e. The van der Waals surface area contributed by atoms with E-state index in [1.54, 1.807) is 36.1 Å². The van der Waals surface area contributed by atoms with E-state index in [0.29, 0.717) is 18.7 Å². The summed E-state index contributed by atoms with van der Waals surface area (Å²) in [7, 11) is 3.60. The van der Waals surface area contributed by atoms with E-state index in [-0.39, 0.29) is 18.0 Å². The van der Waals surface area contributed by atoms with Gasteiger partial charge in [-0.05, 0) is 39.3 Å². The molecule has 2 saturated heterocycles. The number of piperidine rings is 1. The number of carbonyl (C=O) groups excluding carboxylic acids is 2. The molecular weight excluding hydrogens is 356 g/mol. The number of likely N-dealkylation sites (tertiary alicyclic amines) is 2. The van der Waals surface area contributed by atoms with Crippen molar-refractivity contribution in [2.24, 2.45) is 0 Å². The van der Waals surface area contributed by atoms with Gasteiger partial charge in [0.2, 0.25) is 0 Å². The van der Waals surface area contributed by atoms with Crippen LogP contribution in [0.2, 0.25) is 0 Å². The highest BCUT2D eigenvalue weighted by molar-refractivity contribution is 5.94. The number of amides is 3. The zero-order chi connectivity index (χ0) is 20.1. The molecule has 2 aliphatic rings. The molecule has 3 rings (SSSR count). The molecule has 2 fully saturated rings. The number of nitrogens with zero attached hydrogens (tertiary/aromatic N) is 6. The molecule has 28 heavy (non-hydrogen) atoms.